The van der Waals surface area contributed by atoms with E-state index in [0.717, 1.165) is 34.2 Å². The summed E-state index contributed by atoms with van der Waals surface area (Å²) >= 11 is 4.98. The molecule has 0 heterocycles. The van der Waals surface area contributed by atoms with Crippen molar-refractivity contribution in [1.82, 2.24) is 10.7 Å². The van der Waals surface area contributed by atoms with Gasteiger partial charge in [-0.3, -0.25) is 9.59 Å². The molecule has 0 saturated heterocycles. The number of ether oxygens (including phenoxy) is 1. The minimum Gasteiger partial charge on any atom is -0.484 e. The van der Waals surface area contributed by atoms with Crippen LogP contribution in [0.1, 0.15) is 43.2 Å². The van der Waals surface area contributed by atoms with Crippen LogP contribution in [-0.2, 0) is 15.3 Å². The van der Waals surface area contributed by atoms with Gasteiger partial charge in [0.1, 0.15) is 5.75 Å². The standard InChI is InChI=1S/C24H28BrN3O3S/c25-20-6-4-5-19(13-20)16-32-17-24(30)28-26-14-18-9-11-22(12-10-18)31-15-23(29)27-21-7-2-1-3-8-21/h4-6,9-14,21H,1-3,7-8,15-17H2,(H,27,29)(H,28,30)/b26-14-. The van der Waals surface area contributed by atoms with E-state index in [4.69, 9.17) is 4.74 Å². The fourth-order valence-electron chi connectivity index (χ4n) is 3.41. The van der Waals surface area contributed by atoms with E-state index in [0.29, 0.717) is 11.5 Å². The summed E-state index contributed by atoms with van der Waals surface area (Å²) in [6.07, 6.45) is 7.31. The molecule has 2 N–H and O–H groups in total. The fraction of sp³-hybridized carbons (Fsp3) is 0.375. The van der Waals surface area contributed by atoms with Gasteiger partial charge in [0, 0.05) is 16.3 Å². The monoisotopic (exact) mass is 517 g/mol. The van der Waals surface area contributed by atoms with Crippen molar-refractivity contribution < 1.29 is 14.3 Å². The molecular weight excluding hydrogens is 490 g/mol. The van der Waals surface area contributed by atoms with Crippen LogP contribution in [0.3, 0.4) is 0 Å². The van der Waals surface area contributed by atoms with Gasteiger partial charge in [-0.2, -0.15) is 5.10 Å². The van der Waals surface area contributed by atoms with Crippen LogP contribution in [0.25, 0.3) is 0 Å². The Kier molecular flexibility index (Phi) is 10.1. The third-order valence-corrected chi connectivity index (χ3v) is 6.51. The molecule has 0 radical (unpaired) electrons. The highest BCUT2D eigenvalue weighted by atomic mass is 79.9. The number of benzene rings is 2. The van der Waals surface area contributed by atoms with Gasteiger partial charge >= 0.3 is 0 Å². The zero-order valence-corrected chi connectivity index (χ0v) is 20.3. The number of rotatable bonds is 10. The van der Waals surface area contributed by atoms with Crippen molar-refractivity contribution in [2.75, 3.05) is 12.4 Å². The van der Waals surface area contributed by atoms with E-state index in [1.807, 2.05) is 36.4 Å². The van der Waals surface area contributed by atoms with Gasteiger partial charge in [0.05, 0.1) is 12.0 Å². The first kappa shape index (κ1) is 24.3. The quantitative estimate of drug-likeness (QED) is 0.354. The van der Waals surface area contributed by atoms with Crippen molar-refractivity contribution in [1.29, 1.82) is 0 Å². The third-order valence-electron chi connectivity index (χ3n) is 5.01. The number of carbonyl (C=O) groups is 2. The zero-order valence-electron chi connectivity index (χ0n) is 17.9. The summed E-state index contributed by atoms with van der Waals surface area (Å²) in [4.78, 5) is 23.9. The number of hydrogen-bond donors (Lipinski definition) is 2. The second-order valence-electron chi connectivity index (χ2n) is 7.68. The summed E-state index contributed by atoms with van der Waals surface area (Å²) < 4.78 is 6.59. The van der Waals surface area contributed by atoms with Crippen molar-refractivity contribution >= 4 is 45.7 Å². The van der Waals surface area contributed by atoms with Gasteiger partial charge in [-0.15, -0.1) is 11.8 Å². The van der Waals surface area contributed by atoms with E-state index in [-0.39, 0.29) is 24.5 Å². The molecule has 6 nitrogen and oxygen atoms in total. The Balaban J connectivity index is 1.32. The van der Waals surface area contributed by atoms with Crippen LogP contribution >= 0.6 is 27.7 Å². The molecule has 1 fully saturated rings. The van der Waals surface area contributed by atoms with E-state index < -0.39 is 0 Å². The van der Waals surface area contributed by atoms with Gasteiger partial charge in [-0.1, -0.05) is 47.3 Å². The average molecular weight is 518 g/mol. The Hall–Kier alpha value is -2.32. The number of halogens is 1. The van der Waals surface area contributed by atoms with Crippen molar-refractivity contribution in [2.45, 2.75) is 43.9 Å². The highest BCUT2D eigenvalue weighted by molar-refractivity contribution is 9.10. The van der Waals surface area contributed by atoms with Crippen molar-refractivity contribution in [3.63, 3.8) is 0 Å². The second kappa shape index (κ2) is 13.3. The van der Waals surface area contributed by atoms with Crippen LogP contribution in [0.5, 0.6) is 5.75 Å². The first-order valence-electron chi connectivity index (χ1n) is 10.7. The van der Waals surface area contributed by atoms with Gasteiger partial charge in [0.15, 0.2) is 6.61 Å². The number of carbonyl (C=O) groups excluding carboxylic acids is 2. The molecule has 0 aromatic heterocycles. The van der Waals surface area contributed by atoms with Gasteiger partial charge in [0.2, 0.25) is 5.91 Å². The molecule has 0 atom stereocenters. The van der Waals surface area contributed by atoms with Gasteiger partial charge in [-0.25, -0.2) is 5.43 Å². The minimum atomic E-state index is -0.148. The van der Waals surface area contributed by atoms with Crippen LogP contribution in [0.15, 0.2) is 58.1 Å². The lowest BCUT2D eigenvalue weighted by atomic mass is 9.95. The maximum absolute atomic E-state index is 12.0. The topological polar surface area (TPSA) is 79.8 Å². The number of hydrazone groups is 1. The maximum Gasteiger partial charge on any atom is 0.258 e. The molecule has 8 heteroatoms. The van der Waals surface area contributed by atoms with E-state index in [2.05, 4.69) is 31.8 Å². The van der Waals surface area contributed by atoms with Gasteiger partial charge in [0.25, 0.3) is 5.91 Å². The molecule has 0 spiro atoms. The van der Waals surface area contributed by atoms with E-state index >= 15 is 0 Å². The summed E-state index contributed by atoms with van der Waals surface area (Å²) in [6, 6.07) is 15.5. The van der Waals surface area contributed by atoms with Crippen molar-refractivity contribution in [3.05, 3.63) is 64.1 Å². The molecule has 1 saturated carbocycles. The van der Waals surface area contributed by atoms with Crippen molar-refractivity contribution in [3.8, 4) is 5.75 Å². The summed E-state index contributed by atoms with van der Waals surface area (Å²) in [5.74, 6) is 1.48. The first-order valence-corrected chi connectivity index (χ1v) is 12.7. The number of thioether (sulfide) groups is 1. The van der Waals surface area contributed by atoms with Gasteiger partial charge in [-0.05, 0) is 60.4 Å². The van der Waals surface area contributed by atoms with Crippen LogP contribution in [0.2, 0.25) is 0 Å². The lowest BCUT2D eigenvalue weighted by Gasteiger charge is -2.22. The SMILES string of the molecule is O=C(CSCc1cccc(Br)c1)N/N=C\c1ccc(OCC(=O)NC2CCCCC2)cc1. The van der Waals surface area contributed by atoms with Crippen LogP contribution < -0.4 is 15.5 Å². The zero-order chi connectivity index (χ0) is 22.6. The molecule has 1 aliphatic carbocycles. The lowest BCUT2D eigenvalue weighted by Crippen LogP contribution is -2.38. The van der Waals surface area contributed by atoms with Gasteiger partial charge < -0.3 is 10.1 Å². The number of nitrogens with one attached hydrogen (secondary N) is 2. The third kappa shape index (κ3) is 9.04. The Bertz CT molecular complexity index is 915. The largest absolute Gasteiger partial charge is 0.484 e. The molecular formula is C24H28BrN3O3S. The first-order chi connectivity index (χ1) is 15.6. The Labute approximate surface area is 201 Å². The number of nitrogens with zero attached hydrogens (tertiary/aromatic N) is 1. The van der Waals surface area contributed by atoms with E-state index in [9.17, 15) is 9.59 Å². The molecule has 1 aliphatic rings. The summed E-state index contributed by atoms with van der Waals surface area (Å²) in [5, 5.41) is 7.04. The van der Waals surface area contributed by atoms with E-state index in [1.54, 1.807) is 18.3 Å². The predicted octanol–water partition coefficient (Wildman–Crippen LogP) is 4.66. The predicted molar refractivity (Wildman–Crippen MR) is 133 cm³/mol. The Morgan fingerprint density at radius 2 is 1.88 bits per heavy atom. The molecule has 2 aromatic rings. The Morgan fingerprint density at radius 1 is 1.09 bits per heavy atom. The Morgan fingerprint density at radius 3 is 2.62 bits per heavy atom. The molecule has 3 rings (SSSR count). The second-order valence-corrected chi connectivity index (χ2v) is 9.58. The average Bonchev–Trinajstić information content (AvgIpc) is 2.79. The minimum absolute atomic E-state index is 0.0115. The lowest BCUT2D eigenvalue weighted by molar-refractivity contribution is -0.124. The van der Waals surface area contributed by atoms with Crippen molar-refractivity contribution in [2.24, 2.45) is 5.10 Å². The summed E-state index contributed by atoms with van der Waals surface area (Å²) in [6.45, 7) is 0.0115. The van der Waals surface area contributed by atoms with Crippen LogP contribution in [0, 0.1) is 0 Å². The molecule has 2 aromatic carbocycles. The molecule has 0 bridgehead atoms. The normalized spacial score (nSPS) is 14.3. The fourth-order valence-corrected chi connectivity index (χ4v) is 4.63. The number of amides is 2. The molecule has 32 heavy (non-hydrogen) atoms. The highest BCUT2D eigenvalue weighted by Gasteiger charge is 2.15. The summed E-state index contributed by atoms with van der Waals surface area (Å²) in [5.41, 5.74) is 4.53. The number of hydrogen-bond acceptors (Lipinski definition) is 5. The van der Waals surface area contributed by atoms with E-state index in [1.165, 1.54) is 31.0 Å². The van der Waals surface area contributed by atoms with Crippen LogP contribution in [0.4, 0.5) is 0 Å². The molecule has 0 aliphatic heterocycles. The molecule has 0 unspecified atom stereocenters. The van der Waals surface area contributed by atoms with Crippen LogP contribution in [-0.4, -0.2) is 36.4 Å². The highest BCUT2D eigenvalue weighted by Crippen LogP contribution is 2.18. The molecule has 2 amide bonds. The smallest absolute Gasteiger partial charge is 0.258 e. The summed E-state index contributed by atoms with van der Waals surface area (Å²) in [7, 11) is 0. The maximum atomic E-state index is 12.0. The molecule has 170 valence electrons.